The smallest absolute Gasteiger partial charge is 0.407 e. The average molecular weight is 528 g/mol. The lowest BCUT2D eigenvalue weighted by Gasteiger charge is -2.14. The highest BCUT2D eigenvalue weighted by Gasteiger charge is 2.20. The molecular formula is C19H30BrN9O4. The van der Waals surface area contributed by atoms with Crippen molar-refractivity contribution in [1.82, 2.24) is 30.2 Å². The van der Waals surface area contributed by atoms with Gasteiger partial charge in [0.05, 0.1) is 6.61 Å². The van der Waals surface area contributed by atoms with Gasteiger partial charge in [0.1, 0.15) is 12.4 Å². The van der Waals surface area contributed by atoms with Crippen LogP contribution in [0, 0.1) is 5.41 Å². The first-order valence-electron chi connectivity index (χ1n) is 10.5. The number of hydrogen-bond acceptors (Lipinski definition) is 8. The molecule has 2 rings (SSSR count). The number of nitrogens with zero attached hydrogens (tertiary/aromatic N) is 5. The lowest BCUT2D eigenvalue weighted by atomic mass is 10.1. The molecule has 1 atom stereocenters. The van der Waals surface area contributed by atoms with Crippen molar-refractivity contribution in [3.05, 3.63) is 11.1 Å². The number of anilines is 1. The quantitative estimate of drug-likeness (QED) is 0.110. The van der Waals surface area contributed by atoms with E-state index >= 15 is 0 Å². The van der Waals surface area contributed by atoms with Gasteiger partial charge in [0, 0.05) is 27.2 Å². The number of alkyl carbamates (subject to hydrolysis) is 1. The molecule has 0 aliphatic carbocycles. The number of guanidine groups is 1. The van der Waals surface area contributed by atoms with Crippen LogP contribution in [0.5, 0.6) is 0 Å². The maximum absolute atomic E-state index is 11.9. The predicted octanol–water partition coefficient (Wildman–Crippen LogP) is 1.27. The van der Waals surface area contributed by atoms with Crippen molar-refractivity contribution < 1.29 is 19.4 Å². The molecule has 0 aromatic carbocycles. The number of carbonyl (C=O) groups is 2. The second kappa shape index (κ2) is 12.8. The molecule has 13 nitrogen and oxygen atoms in total. The molecule has 0 saturated carbocycles. The standard InChI is InChI=1S/C19H30BrN9O4/c1-28(2)14-13-15(25-11-24-14)29(17(20)27-13)9-4-3-5-10-33-19(32)26-12(16(30)31)7-6-8-23-18(21)22/h11-12H,3-10H2,1-2H3,(H,26,32)(H,30,31)(H4,21,22,23)/t12-/m0/s1. The van der Waals surface area contributed by atoms with E-state index in [0.29, 0.717) is 30.7 Å². The molecule has 0 saturated heterocycles. The van der Waals surface area contributed by atoms with Gasteiger partial charge in [-0.2, -0.15) is 0 Å². The lowest BCUT2D eigenvalue weighted by molar-refractivity contribution is -0.139. The van der Waals surface area contributed by atoms with Crippen molar-refractivity contribution in [3.8, 4) is 0 Å². The maximum atomic E-state index is 11.9. The topological polar surface area (TPSA) is 184 Å². The molecule has 0 aliphatic rings. The summed E-state index contributed by atoms with van der Waals surface area (Å²) >= 11 is 3.48. The van der Waals surface area contributed by atoms with Gasteiger partial charge in [-0.3, -0.25) is 5.41 Å². The summed E-state index contributed by atoms with van der Waals surface area (Å²) < 4.78 is 7.75. The molecule has 33 heavy (non-hydrogen) atoms. The molecule has 14 heteroatoms. The van der Waals surface area contributed by atoms with Gasteiger partial charge in [-0.05, 0) is 48.0 Å². The van der Waals surface area contributed by atoms with Crippen LogP contribution in [0.3, 0.4) is 0 Å². The molecule has 2 heterocycles. The number of aryl methyl sites for hydroxylation is 1. The number of halogens is 1. The van der Waals surface area contributed by atoms with Gasteiger partial charge in [0.25, 0.3) is 0 Å². The zero-order chi connectivity index (χ0) is 24.4. The molecular weight excluding hydrogens is 498 g/mol. The van der Waals surface area contributed by atoms with Crippen LogP contribution in [0.2, 0.25) is 0 Å². The molecule has 0 unspecified atom stereocenters. The summed E-state index contributed by atoms with van der Waals surface area (Å²) in [6.07, 6.45) is 3.61. The van der Waals surface area contributed by atoms with Gasteiger partial charge in [0.15, 0.2) is 27.7 Å². The molecule has 2 aromatic rings. The third kappa shape index (κ3) is 8.04. The number of unbranched alkanes of at least 4 members (excludes halogenated alkanes) is 2. The zero-order valence-electron chi connectivity index (χ0n) is 18.7. The van der Waals surface area contributed by atoms with E-state index < -0.39 is 18.1 Å². The minimum atomic E-state index is -1.14. The van der Waals surface area contributed by atoms with E-state index in [1.807, 2.05) is 23.6 Å². The molecule has 0 bridgehead atoms. The van der Waals surface area contributed by atoms with Crippen LogP contribution in [-0.4, -0.2) is 75.9 Å². The van der Waals surface area contributed by atoms with E-state index in [0.717, 1.165) is 29.8 Å². The highest BCUT2D eigenvalue weighted by molar-refractivity contribution is 9.10. The normalized spacial score (nSPS) is 11.7. The molecule has 0 radical (unpaired) electrons. The number of rotatable bonds is 13. The highest BCUT2D eigenvalue weighted by atomic mass is 79.9. The van der Waals surface area contributed by atoms with Gasteiger partial charge in [-0.25, -0.2) is 24.5 Å². The van der Waals surface area contributed by atoms with E-state index in [9.17, 15) is 14.7 Å². The third-order valence-corrected chi connectivity index (χ3v) is 5.33. The van der Waals surface area contributed by atoms with Crippen molar-refractivity contribution in [2.75, 3.05) is 32.1 Å². The second-order valence-electron chi connectivity index (χ2n) is 7.51. The number of hydrogen-bond donors (Lipinski definition) is 5. The van der Waals surface area contributed by atoms with E-state index in [-0.39, 0.29) is 19.0 Å². The number of nitrogens with two attached hydrogens (primary N) is 1. The Kier molecular flexibility index (Phi) is 10.1. The van der Waals surface area contributed by atoms with E-state index in [2.05, 4.69) is 41.5 Å². The molecule has 182 valence electrons. The molecule has 1 amide bonds. The Balaban J connectivity index is 1.71. The SMILES string of the molecule is CN(C)c1ncnc2c1nc(Br)n2CCCCCOC(=O)N[C@@H](CCCNC(=N)N)C(=O)O. The van der Waals surface area contributed by atoms with Gasteiger partial charge < -0.3 is 35.7 Å². The summed E-state index contributed by atoms with van der Waals surface area (Å²) in [4.78, 5) is 38.2. The van der Waals surface area contributed by atoms with Crippen LogP contribution >= 0.6 is 15.9 Å². The number of carbonyl (C=O) groups excluding carboxylic acids is 1. The zero-order valence-corrected chi connectivity index (χ0v) is 20.3. The summed E-state index contributed by atoms with van der Waals surface area (Å²) in [5.74, 6) is -0.586. The predicted molar refractivity (Wildman–Crippen MR) is 126 cm³/mol. The number of fused-ring (bicyclic) bond motifs is 1. The van der Waals surface area contributed by atoms with E-state index in [1.54, 1.807) is 0 Å². The fourth-order valence-corrected chi connectivity index (χ4v) is 3.63. The van der Waals surface area contributed by atoms with Crippen LogP contribution in [0.25, 0.3) is 11.2 Å². The minimum Gasteiger partial charge on any atom is -0.480 e. The summed E-state index contributed by atoms with van der Waals surface area (Å²) in [5, 5.41) is 21.2. The first-order chi connectivity index (χ1) is 15.7. The van der Waals surface area contributed by atoms with Crippen LogP contribution in [0.15, 0.2) is 11.1 Å². The van der Waals surface area contributed by atoms with Crippen molar-refractivity contribution in [2.24, 2.45) is 5.73 Å². The monoisotopic (exact) mass is 527 g/mol. The Morgan fingerprint density at radius 3 is 2.73 bits per heavy atom. The number of imidazole rings is 1. The number of carboxylic acid groups (broad SMARTS) is 1. The van der Waals surface area contributed by atoms with Gasteiger partial charge in [-0.15, -0.1) is 0 Å². The Hall–Kier alpha value is -3.16. The van der Waals surface area contributed by atoms with Crippen LogP contribution in [0.1, 0.15) is 32.1 Å². The maximum Gasteiger partial charge on any atom is 0.407 e. The molecule has 0 spiro atoms. The Labute approximate surface area is 199 Å². The minimum absolute atomic E-state index is 0.183. The van der Waals surface area contributed by atoms with Crippen LogP contribution in [-0.2, 0) is 16.1 Å². The summed E-state index contributed by atoms with van der Waals surface area (Å²) in [7, 11) is 3.80. The Morgan fingerprint density at radius 2 is 2.06 bits per heavy atom. The fraction of sp³-hybridized carbons (Fsp3) is 0.579. The molecule has 0 fully saturated rings. The Bertz CT molecular complexity index is 966. The highest BCUT2D eigenvalue weighted by Crippen LogP contribution is 2.25. The number of carboxylic acids is 1. The molecule has 2 aromatic heterocycles. The Morgan fingerprint density at radius 1 is 1.30 bits per heavy atom. The van der Waals surface area contributed by atoms with Crippen LogP contribution in [0.4, 0.5) is 10.6 Å². The summed E-state index contributed by atoms with van der Waals surface area (Å²) in [5.41, 5.74) is 6.63. The first-order valence-corrected chi connectivity index (χ1v) is 11.3. The van der Waals surface area contributed by atoms with Gasteiger partial charge in [-0.1, -0.05) is 0 Å². The number of ether oxygens (including phenoxy) is 1. The average Bonchev–Trinajstić information content (AvgIpc) is 3.07. The molecule has 6 N–H and O–H groups in total. The molecule has 0 aliphatic heterocycles. The first kappa shape index (κ1) is 26.1. The number of aliphatic carboxylic acids is 1. The number of amides is 1. The number of nitrogens with one attached hydrogen (secondary N) is 3. The van der Waals surface area contributed by atoms with Crippen molar-refractivity contribution in [2.45, 2.75) is 44.7 Å². The van der Waals surface area contributed by atoms with E-state index in [4.69, 9.17) is 15.9 Å². The van der Waals surface area contributed by atoms with Crippen LogP contribution < -0.4 is 21.3 Å². The third-order valence-electron chi connectivity index (χ3n) is 4.72. The van der Waals surface area contributed by atoms with Crippen molar-refractivity contribution >= 4 is 50.9 Å². The largest absolute Gasteiger partial charge is 0.480 e. The second-order valence-corrected chi connectivity index (χ2v) is 8.22. The van der Waals surface area contributed by atoms with Gasteiger partial charge in [0.2, 0.25) is 0 Å². The fourth-order valence-electron chi connectivity index (χ4n) is 3.11. The van der Waals surface area contributed by atoms with Gasteiger partial charge >= 0.3 is 12.1 Å². The summed E-state index contributed by atoms with van der Waals surface area (Å²) in [6, 6.07) is -1.06. The number of aromatic nitrogens is 4. The summed E-state index contributed by atoms with van der Waals surface area (Å²) in [6.45, 7) is 1.21. The van der Waals surface area contributed by atoms with E-state index in [1.165, 1.54) is 6.33 Å². The van der Waals surface area contributed by atoms with Crippen molar-refractivity contribution in [3.63, 3.8) is 0 Å². The lowest BCUT2D eigenvalue weighted by Crippen LogP contribution is -2.42. The van der Waals surface area contributed by atoms with Crippen molar-refractivity contribution in [1.29, 1.82) is 5.41 Å².